The van der Waals surface area contributed by atoms with Crippen molar-refractivity contribution in [1.82, 2.24) is 9.78 Å². The Kier molecular flexibility index (Phi) is 5.64. The molecule has 0 aliphatic rings. The van der Waals surface area contributed by atoms with Gasteiger partial charge in [0.25, 0.3) is 5.56 Å². The number of hydrogen-bond acceptors (Lipinski definition) is 4. The Morgan fingerprint density at radius 2 is 2.29 bits per heavy atom. The number of anilines is 1. The molecule has 96 valence electrons. The molecule has 3 N–H and O–H groups in total. The molecule has 1 unspecified atom stereocenters. The second-order valence-corrected chi connectivity index (χ2v) is 4.74. The second-order valence-electron chi connectivity index (χ2n) is 3.95. The van der Waals surface area contributed by atoms with Crippen LogP contribution in [0.15, 0.2) is 15.5 Å². The van der Waals surface area contributed by atoms with Crippen LogP contribution in [0, 0.1) is 0 Å². The molecular weight excluding hydrogens is 284 g/mol. The predicted molar refractivity (Wildman–Crippen MR) is 73.2 cm³/mol. The Morgan fingerprint density at radius 3 is 2.88 bits per heavy atom. The van der Waals surface area contributed by atoms with Gasteiger partial charge in [0.05, 0.1) is 11.9 Å². The molecular formula is C11H19BrN4O. The molecule has 6 heteroatoms. The van der Waals surface area contributed by atoms with Gasteiger partial charge in [0, 0.05) is 19.1 Å². The molecule has 0 bridgehead atoms. The third kappa shape index (κ3) is 3.81. The number of aromatic nitrogens is 2. The molecule has 1 aromatic rings. The molecule has 0 saturated carbocycles. The number of rotatable bonds is 6. The van der Waals surface area contributed by atoms with Gasteiger partial charge >= 0.3 is 0 Å². The molecule has 0 aliphatic heterocycles. The highest BCUT2D eigenvalue weighted by Gasteiger charge is 2.08. The van der Waals surface area contributed by atoms with E-state index in [9.17, 15) is 4.79 Å². The minimum Gasteiger partial charge on any atom is -0.381 e. The van der Waals surface area contributed by atoms with E-state index in [2.05, 4.69) is 26.3 Å². The number of nitrogens with zero attached hydrogens (tertiary/aromatic N) is 2. The number of aryl methyl sites for hydroxylation is 1. The normalized spacial score (nSPS) is 12.5. The lowest BCUT2D eigenvalue weighted by atomic mass is 10.2. The topological polar surface area (TPSA) is 72.9 Å². The zero-order valence-corrected chi connectivity index (χ0v) is 11.8. The van der Waals surface area contributed by atoms with Crippen LogP contribution in [0.25, 0.3) is 0 Å². The van der Waals surface area contributed by atoms with Crippen molar-refractivity contribution in [1.29, 1.82) is 0 Å². The average molecular weight is 303 g/mol. The summed E-state index contributed by atoms with van der Waals surface area (Å²) < 4.78 is 1.97. The van der Waals surface area contributed by atoms with Gasteiger partial charge in [-0.3, -0.25) is 4.79 Å². The Labute approximate surface area is 110 Å². The monoisotopic (exact) mass is 302 g/mol. The fraction of sp³-hybridized carbons (Fsp3) is 0.636. The van der Waals surface area contributed by atoms with E-state index in [-0.39, 0.29) is 11.6 Å². The van der Waals surface area contributed by atoms with Crippen molar-refractivity contribution in [2.24, 2.45) is 5.73 Å². The first kappa shape index (κ1) is 14.2. The van der Waals surface area contributed by atoms with Crippen LogP contribution in [0.1, 0.15) is 26.7 Å². The molecule has 0 spiro atoms. The molecule has 0 saturated heterocycles. The highest BCUT2D eigenvalue weighted by molar-refractivity contribution is 9.10. The Bertz CT molecular complexity index is 418. The second kappa shape index (κ2) is 6.76. The van der Waals surface area contributed by atoms with Gasteiger partial charge in [-0.1, -0.05) is 13.8 Å². The molecule has 1 aromatic heterocycles. The summed E-state index contributed by atoms with van der Waals surface area (Å²) in [6.07, 6.45) is 3.43. The van der Waals surface area contributed by atoms with Crippen LogP contribution < -0.4 is 16.6 Å². The highest BCUT2D eigenvalue weighted by atomic mass is 79.9. The van der Waals surface area contributed by atoms with Crippen LogP contribution >= 0.6 is 15.9 Å². The molecule has 5 nitrogen and oxygen atoms in total. The molecule has 0 aromatic carbocycles. The van der Waals surface area contributed by atoms with Crippen molar-refractivity contribution in [3.05, 3.63) is 21.0 Å². The van der Waals surface area contributed by atoms with Gasteiger partial charge in [0.2, 0.25) is 0 Å². The maximum Gasteiger partial charge on any atom is 0.283 e. The van der Waals surface area contributed by atoms with Crippen LogP contribution in [0.5, 0.6) is 0 Å². The minimum absolute atomic E-state index is 0.0833. The molecule has 0 aliphatic carbocycles. The summed E-state index contributed by atoms with van der Waals surface area (Å²) in [4.78, 5) is 11.9. The summed E-state index contributed by atoms with van der Waals surface area (Å²) in [5.74, 6) is 0. The summed E-state index contributed by atoms with van der Waals surface area (Å²) in [7, 11) is 0. The summed E-state index contributed by atoms with van der Waals surface area (Å²) in [6, 6.07) is 0.0833. The van der Waals surface area contributed by atoms with Gasteiger partial charge in [-0.2, -0.15) is 5.10 Å². The van der Waals surface area contributed by atoms with Crippen molar-refractivity contribution >= 4 is 21.6 Å². The van der Waals surface area contributed by atoms with E-state index in [0.29, 0.717) is 23.2 Å². The van der Waals surface area contributed by atoms with Gasteiger partial charge in [0.1, 0.15) is 4.47 Å². The first-order chi connectivity index (χ1) is 8.10. The van der Waals surface area contributed by atoms with E-state index < -0.39 is 0 Å². The largest absolute Gasteiger partial charge is 0.381 e. The third-order valence-corrected chi connectivity index (χ3v) is 3.27. The average Bonchev–Trinajstić information content (AvgIpc) is 2.34. The van der Waals surface area contributed by atoms with Crippen molar-refractivity contribution in [3.63, 3.8) is 0 Å². The van der Waals surface area contributed by atoms with Crippen LogP contribution in [-0.4, -0.2) is 22.4 Å². The van der Waals surface area contributed by atoms with Gasteiger partial charge < -0.3 is 11.1 Å². The Hall–Kier alpha value is -0.880. The summed E-state index contributed by atoms with van der Waals surface area (Å²) >= 11 is 3.30. The van der Waals surface area contributed by atoms with E-state index in [4.69, 9.17) is 5.73 Å². The van der Waals surface area contributed by atoms with E-state index in [1.807, 2.05) is 13.8 Å². The molecule has 17 heavy (non-hydrogen) atoms. The van der Waals surface area contributed by atoms with E-state index in [1.165, 1.54) is 4.68 Å². The molecule has 1 rings (SSSR count). The molecule has 1 atom stereocenters. The number of nitrogens with one attached hydrogen (secondary N) is 1. The van der Waals surface area contributed by atoms with E-state index in [0.717, 1.165) is 12.8 Å². The fourth-order valence-electron chi connectivity index (χ4n) is 1.34. The van der Waals surface area contributed by atoms with Crippen molar-refractivity contribution in [2.75, 3.05) is 11.9 Å². The van der Waals surface area contributed by atoms with E-state index in [1.54, 1.807) is 6.20 Å². The zero-order chi connectivity index (χ0) is 12.8. The SMILES string of the molecule is CCCn1ncc(NCC(N)CC)c(Br)c1=O. The van der Waals surface area contributed by atoms with Crippen LogP contribution in [0.2, 0.25) is 0 Å². The van der Waals surface area contributed by atoms with Gasteiger partial charge in [-0.25, -0.2) is 4.68 Å². The molecule has 0 radical (unpaired) electrons. The van der Waals surface area contributed by atoms with Gasteiger partial charge in [-0.05, 0) is 28.8 Å². The summed E-state index contributed by atoms with van der Waals surface area (Å²) in [5, 5.41) is 7.23. The number of nitrogens with two attached hydrogens (primary N) is 1. The smallest absolute Gasteiger partial charge is 0.283 e. The minimum atomic E-state index is -0.109. The Morgan fingerprint density at radius 1 is 1.59 bits per heavy atom. The third-order valence-electron chi connectivity index (χ3n) is 2.50. The lowest BCUT2D eigenvalue weighted by Gasteiger charge is -2.13. The number of halogens is 1. The van der Waals surface area contributed by atoms with Crippen LogP contribution in [0.4, 0.5) is 5.69 Å². The quantitative estimate of drug-likeness (QED) is 0.836. The van der Waals surface area contributed by atoms with Crippen molar-refractivity contribution < 1.29 is 0 Å². The molecule has 0 amide bonds. The first-order valence-electron chi connectivity index (χ1n) is 5.85. The number of hydrogen-bond donors (Lipinski definition) is 2. The zero-order valence-electron chi connectivity index (χ0n) is 10.2. The summed E-state index contributed by atoms with van der Waals surface area (Å²) in [6.45, 7) is 5.30. The molecule has 1 heterocycles. The van der Waals surface area contributed by atoms with Gasteiger partial charge in [0.15, 0.2) is 0 Å². The lowest BCUT2D eigenvalue weighted by Crippen LogP contribution is -2.30. The van der Waals surface area contributed by atoms with Gasteiger partial charge in [-0.15, -0.1) is 0 Å². The summed E-state index contributed by atoms with van der Waals surface area (Å²) in [5.41, 5.74) is 6.40. The van der Waals surface area contributed by atoms with Crippen LogP contribution in [0.3, 0.4) is 0 Å². The van der Waals surface area contributed by atoms with E-state index >= 15 is 0 Å². The highest BCUT2D eigenvalue weighted by Crippen LogP contribution is 2.15. The Balaban J connectivity index is 2.82. The standard InChI is InChI=1S/C11H19BrN4O/c1-3-5-16-11(17)10(12)9(7-15-16)14-6-8(13)4-2/h7-8,14H,3-6,13H2,1-2H3. The maximum absolute atomic E-state index is 11.9. The first-order valence-corrected chi connectivity index (χ1v) is 6.64. The maximum atomic E-state index is 11.9. The van der Waals surface area contributed by atoms with Crippen molar-refractivity contribution in [3.8, 4) is 0 Å². The predicted octanol–water partition coefficient (Wildman–Crippen LogP) is 1.56. The molecule has 0 fully saturated rings. The van der Waals surface area contributed by atoms with Crippen LogP contribution in [-0.2, 0) is 6.54 Å². The fourth-order valence-corrected chi connectivity index (χ4v) is 1.79. The lowest BCUT2D eigenvalue weighted by molar-refractivity contribution is 0.565. The van der Waals surface area contributed by atoms with Crippen molar-refractivity contribution in [2.45, 2.75) is 39.3 Å².